The summed E-state index contributed by atoms with van der Waals surface area (Å²) < 4.78 is 0. The van der Waals surface area contributed by atoms with Gasteiger partial charge in [0.15, 0.2) is 0 Å². The van der Waals surface area contributed by atoms with Crippen LogP contribution in [0.5, 0.6) is 0 Å². The molecule has 1 amide bonds. The molecule has 6 rings (SSSR count). The van der Waals surface area contributed by atoms with Crippen molar-refractivity contribution in [2.75, 3.05) is 5.32 Å². The zero-order valence-electron chi connectivity index (χ0n) is 15.0. The minimum absolute atomic E-state index is 0.0533. The van der Waals surface area contributed by atoms with E-state index in [2.05, 4.69) is 23.5 Å². The molecule has 0 saturated heterocycles. The first-order valence-corrected chi connectivity index (χ1v) is 10.2. The smallest absolute Gasteiger partial charge is 0.224 e. The molecular weight excluding hydrogens is 310 g/mol. The van der Waals surface area contributed by atoms with Gasteiger partial charge in [0.2, 0.25) is 5.91 Å². The third-order valence-electron chi connectivity index (χ3n) is 7.36. The summed E-state index contributed by atoms with van der Waals surface area (Å²) in [5.41, 5.74) is 3.37. The minimum Gasteiger partial charge on any atom is -0.390 e. The van der Waals surface area contributed by atoms with Crippen LogP contribution in [0.1, 0.15) is 68.9 Å². The standard InChI is InChI=1S/C22H29NO2/c24-20(23-19-7-3-5-17-4-1-2-6-18(17)19)13-21-9-15-8-16(10-21)12-22(25,11-15)14-21/h3,5,7,15-16,25H,1-2,4,6,8-14H2,(H,23,24)/t15-,16-,21?,22?/m1/s1. The van der Waals surface area contributed by atoms with Crippen molar-refractivity contribution in [3.8, 4) is 0 Å². The van der Waals surface area contributed by atoms with Gasteiger partial charge in [-0.2, -0.15) is 0 Å². The van der Waals surface area contributed by atoms with Crippen molar-refractivity contribution in [3.63, 3.8) is 0 Å². The zero-order chi connectivity index (χ0) is 17.1. The molecule has 5 aliphatic rings. The summed E-state index contributed by atoms with van der Waals surface area (Å²) in [5.74, 6) is 1.44. The van der Waals surface area contributed by atoms with Gasteiger partial charge >= 0.3 is 0 Å². The molecule has 2 atom stereocenters. The average molecular weight is 339 g/mol. The maximum atomic E-state index is 12.9. The predicted octanol–water partition coefficient (Wildman–Crippen LogP) is 4.23. The monoisotopic (exact) mass is 339 g/mol. The van der Waals surface area contributed by atoms with Crippen molar-refractivity contribution < 1.29 is 9.90 Å². The quantitative estimate of drug-likeness (QED) is 0.866. The van der Waals surface area contributed by atoms with Crippen LogP contribution in [0.3, 0.4) is 0 Å². The molecule has 1 aromatic rings. The number of rotatable bonds is 3. The lowest BCUT2D eigenvalue weighted by Crippen LogP contribution is -2.56. The number of fused-ring (bicyclic) bond motifs is 1. The number of hydrogen-bond donors (Lipinski definition) is 2. The number of aryl methyl sites for hydroxylation is 1. The Balaban J connectivity index is 1.33. The highest BCUT2D eigenvalue weighted by atomic mass is 16.3. The van der Waals surface area contributed by atoms with Crippen LogP contribution in [0.25, 0.3) is 0 Å². The number of aliphatic hydroxyl groups is 1. The summed E-state index contributed by atoms with van der Waals surface area (Å²) in [6.07, 6.45) is 11.6. The fourth-order valence-corrected chi connectivity index (χ4v) is 7.04. The summed E-state index contributed by atoms with van der Waals surface area (Å²) in [4.78, 5) is 12.9. The number of hydrogen-bond acceptors (Lipinski definition) is 2. The second-order valence-electron chi connectivity index (χ2n) is 9.56. The fourth-order valence-electron chi connectivity index (χ4n) is 7.04. The molecule has 0 aromatic heterocycles. The average Bonchev–Trinajstić information content (AvgIpc) is 2.52. The van der Waals surface area contributed by atoms with Crippen LogP contribution in [-0.2, 0) is 17.6 Å². The van der Waals surface area contributed by atoms with Gasteiger partial charge in [-0.1, -0.05) is 12.1 Å². The lowest BCUT2D eigenvalue weighted by atomic mass is 9.47. The molecule has 4 saturated carbocycles. The van der Waals surface area contributed by atoms with E-state index in [1.165, 1.54) is 30.4 Å². The van der Waals surface area contributed by atoms with Gasteiger partial charge < -0.3 is 10.4 Å². The van der Waals surface area contributed by atoms with E-state index in [1.807, 2.05) is 0 Å². The molecule has 0 unspecified atom stereocenters. The first-order chi connectivity index (χ1) is 12.0. The Kier molecular flexibility index (Phi) is 3.54. The maximum Gasteiger partial charge on any atom is 0.224 e. The third-order valence-corrected chi connectivity index (χ3v) is 7.36. The fraction of sp³-hybridized carbons (Fsp3) is 0.682. The van der Waals surface area contributed by atoms with E-state index in [9.17, 15) is 9.90 Å². The van der Waals surface area contributed by atoms with Gasteiger partial charge in [-0.25, -0.2) is 0 Å². The summed E-state index contributed by atoms with van der Waals surface area (Å²) in [5, 5.41) is 14.1. The predicted molar refractivity (Wildman–Crippen MR) is 98.4 cm³/mol. The molecule has 3 nitrogen and oxygen atoms in total. The van der Waals surface area contributed by atoms with Crippen molar-refractivity contribution in [2.45, 2.75) is 76.2 Å². The summed E-state index contributed by atoms with van der Waals surface area (Å²) in [6.45, 7) is 0. The van der Waals surface area contributed by atoms with E-state index < -0.39 is 5.60 Å². The van der Waals surface area contributed by atoms with Crippen LogP contribution < -0.4 is 5.32 Å². The minimum atomic E-state index is -0.476. The van der Waals surface area contributed by atoms with Crippen molar-refractivity contribution in [1.82, 2.24) is 0 Å². The number of carbonyl (C=O) groups excluding carboxylic acids is 1. The molecule has 4 bridgehead atoms. The van der Waals surface area contributed by atoms with Gasteiger partial charge in [-0.3, -0.25) is 4.79 Å². The second kappa shape index (κ2) is 5.57. The molecule has 0 radical (unpaired) electrons. The molecule has 5 aliphatic carbocycles. The topological polar surface area (TPSA) is 49.3 Å². The number of anilines is 1. The van der Waals surface area contributed by atoms with Crippen LogP contribution in [0.4, 0.5) is 5.69 Å². The third kappa shape index (κ3) is 2.81. The highest BCUT2D eigenvalue weighted by Gasteiger charge is 2.57. The highest BCUT2D eigenvalue weighted by Crippen LogP contribution is 2.62. The van der Waals surface area contributed by atoms with E-state index in [1.54, 1.807) is 0 Å². The number of nitrogens with one attached hydrogen (secondary N) is 1. The molecule has 0 spiro atoms. The van der Waals surface area contributed by atoms with Crippen molar-refractivity contribution in [3.05, 3.63) is 29.3 Å². The molecule has 4 fully saturated rings. The van der Waals surface area contributed by atoms with Crippen LogP contribution in [-0.4, -0.2) is 16.6 Å². The van der Waals surface area contributed by atoms with E-state index in [0.29, 0.717) is 18.3 Å². The van der Waals surface area contributed by atoms with Crippen LogP contribution in [0.2, 0.25) is 0 Å². The van der Waals surface area contributed by atoms with Gasteiger partial charge in [0.1, 0.15) is 0 Å². The summed E-state index contributed by atoms with van der Waals surface area (Å²) >= 11 is 0. The van der Waals surface area contributed by atoms with E-state index >= 15 is 0 Å². The Morgan fingerprint density at radius 1 is 1.12 bits per heavy atom. The first-order valence-electron chi connectivity index (χ1n) is 10.2. The molecule has 25 heavy (non-hydrogen) atoms. The molecule has 1 aromatic carbocycles. The molecule has 3 heteroatoms. The first kappa shape index (κ1) is 15.9. The lowest BCUT2D eigenvalue weighted by Gasteiger charge is -2.60. The Morgan fingerprint density at radius 2 is 1.88 bits per heavy atom. The number of benzene rings is 1. The van der Waals surface area contributed by atoms with Gasteiger partial charge in [0.05, 0.1) is 5.60 Å². The van der Waals surface area contributed by atoms with Crippen LogP contribution in [0.15, 0.2) is 18.2 Å². The molecule has 134 valence electrons. The normalized spacial score (nSPS) is 38.4. The van der Waals surface area contributed by atoms with Gasteiger partial charge in [-0.05, 0) is 98.7 Å². The highest BCUT2D eigenvalue weighted by molar-refractivity contribution is 5.92. The van der Waals surface area contributed by atoms with E-state index in [0.717, 1.165) is 50.6 Å². The zero-order valence-corrected chi connectivity index (χ0v) is 15.0. The van der Waals surface area contributed by atoms with E-state index in [-0.39, 0.29) is 11.3 Å². The lowest BCUT2D eigenvalue weighted by molar-refractivity contribution is -0.167. The second-order valence-corrected chi connectivity index (χ2v) is 9.56. The van der Waals surface area contributed by atoms with Gasteiger partial charge in [0.25, 0.3) is 0 Å². The van der Waals surface area contributed by atoms with E-state index in [4.69, 9.17) is 0 Å². The largest absolute Gasteiger partial charge is 0.390 e. The molecule has 0 heterocycles. The van der Waals surface area contributed by atoms with Gasteiger partial charge in [-0.15, -0.1) is 0 Å². The van der Waals surface area contributed by atoms with Crippen LogP contribution >= 0.6 is 0 Å². The number of amides is 1. The van der Waals surface area contributed by atoms with Crippen molar-refractivity contribution >= 4 is 11.6 Å². The Hall–Kier alpha value is -1.35. The Morgan fingerprint density at radius 3 is 2.64 bits per heavy atom. The Labute approximate surface area is 150 Å². The SMILES string of the molecule is O=C(CC12C[C@H]3C[C@@H](CC(O)(C3)C1)C2)Nc1cccc2c1CCCC2. The molecule has 0 aliphatic heterocycles. The molecular formula is C22H29NO2. The van der Waals surface area contributed by atoms with Crippen molar-refractivity contribution in [2.24, 2.45) is 17.3 Å². The van der Waals surface area contributed by atoms with Gasteiger partial charge in [0, 0.05) is 12.1 Å². The molecule has 2 N–H and O–H groups in total. The van der Waals surface area contributed by atoms with Crippen LogP contribution in [0, 0.1) is 17.3 Å². The Bertz CT molecular complexity index is 696. The maximum absolute atomic E-state index is 12.9. The summed E-state index contributed by atoms with van der Waals surface area (Å²) in [6, 6.07) is 6.35. The van der Waals surface area contributed by atoms with Crippen molar-refractivity contribution in [1.29, 1.82) is 0 Å². The number of carbonyl (C=O) groups is 1. The summed E-state index contributed by atoms with van der Waals surface area (Å²) in [7, 11) is 0.